The van der Waals surface area contributed by atoms with Crippen molar-refractivity contribution >= 4 is 5.69 Å². The third kappa shape index (κ3) is 4.11. The maximum Gasteiger partial charge on any atom is 0.142 e. The molecule has 1 rings (SSSR count). The lowest BCUT2D eigenvalue weighted by molar-refractivity contribution is 0.319. The lowest BCUT2D eigenvalue weighted by Gasteiger charge is -2.12. The summed E-state index contributed by atoms with van der Waals surface area (Å²) in [4.78, 5) is 2.16. The third-order valence-corrected chi connectivity index (χ3v) is 2.38. The van der Waals surface area contributed by atoms with Gasteiger partial charge in [0.15, 0.2) is 0 Å². The summed E-state index contributed by atoms with van der Waals surface area (Å²) in [6.07, 6.45) is 2.02. The van der Waals surface area contributed by atoms with Crippen molar-refractivity contribution in [2.45, 2.75) is 19.8 Å². The Balaban J connectivity index is 2.59. The second-order valence-electron chi connectivity index (χ2n) is 4.27. The fraction of sp³-hybridized carbons (Fsp3) is 0.538. The summed E-state index contributed by atoms with van der Waals surface area (Å²) in [7, 11) is 4.14. The largest absolute Gasteiger partial charge is 0.491 e. The standard InChI is InChI=1S/C13H22N2O/c1-4-9-16-13-6-5-11(10-12(13)14)7-8-15(2)3/h5-6,10H,4,7-9,14H2,1-3H3. The van der Waals surface area contributed by atoms with Crippen LogP contribution in [0, 0.1) is 0 Å². The second kappa shape index (κ2) is 6.38. The van der Waals surface area contributed by atoms with Gasteiger partial charge in [0.1, 0.15) is 5.75 Å². The molecule has 0 atom stereocenters. The van der Waals surface area contributed by atoms with E-state index in [4.69, 9.17) is 10.5 Å². The van der Waals surface area contributed by atoms with Gasteiger partial charge in [0.05, 0.1) is 12.3 Å². The van der Waals surface area contributed by atoms with E-state index < -0.39 is 0 Å². The maximum absolute atomic E-state index is 5.93. The molecule has 0 heterocycles. The van der Waals surface area contributed by atoms with Crippen LogP contribution in [0.2, 0.25) is 0 Å². The van der Waals surface area contributed by atoms with E-state index in [2.05, 4.69) is 32.0 Å². The van der Waals surface area contributed by atoms with Crippen molar-refractivity contribution < 1.29 is 4.74 Å². The zero-order valence-electron chi connectivity index (χ0n) is 10.5. The lowest BCUT2D eigenvalue weighted by Crippen LogP contribution is -2.15. The van der Waals surface area contributed by atoms with E-state index in [1.165, 1.54) is 5.56 Å². The highest BCUT2D eigenvalue weighted by molar-refractivity contribution is 5.54. The van der Waals surface area contributed by atoms with Crippen LogP contribution in [0.25, 0.3) is 0 Å². The van der Waals surface area contributed by atoms with Crippen LogP contribution in [0.15, 0.2) is 18.2 Å². The Kier molecular flexibility index (Phi) is 5.12. The van der Waals surface area contributed by atoms with Crippen LogP contribution in [0.1, 0.15) is 18.9 Å². The Morgan fingerprint density at radius 1 is 1.31 bits per heavy atom. The summed E-state index contributed by atoms with van der Waals surface area (Å²) < 4.78 is 5.53. The molecule has 0 aliphatic carbocycles. The number of hydrogen-bond donors (Lipinski definition) is 1. The summed E-state index contributed by atoms with van der Waals surface area (Å²) in [5.41, 5.74) is 7.93. The third-order valence-electron chi connectivity index (χ3n) is 2.38. The van der Waals surface area contributed by atoms with Gasteiger partial charge in [-0.3, -0.25) is 0 Å². The number of anilines is 1. The number of benzene rings is 1. The predicted octanol–water partition coefficient (Wildman–Crippen LogP) is 2.16. The van der Waals surface area contributed by atoms with Gasteiger partial charge in [0.25, 0.3) is 0 Å². The van der Waals surface area contributed by atoms with Crippen LogP contribution in [-0.4, -0.2) is 32.1 Å². The minimum atomic E-state index is 0.723. The molecule has 16 heavy (non-hydrogen) atoms. The van der Waals surface area contributed by atoms with Crippen molar-refractivity contribution in [3.8, 4) is 5.75 Å². The highest BCUT2D eigenvalue weighted by Gasteiger charge is 2.02. The lowest BCUT2D eigenvalue weighted by atomic mass is 10.1. The number of hydrogen-bond acceptors (Lipinski definition) is 3. The molecular formula is C13H22N2O. The first-order chi connectivity index (χ1) is 7.63. The Morgan fingerprint density at radius 3 is 2.62 bits per heavy atom. The van der Waals surface area contributed by atoms with Crippen molar-refractivity contribution in [3.05, 3.63) is 23.8 Å². The first-order valence-corrected chi connectivity index (χ1v) is 5.79. The van der Waals surface area contributed by atoms with Crippen LogP contribution in [0.5, 0.6) is 5.75 Å². The molecule has 0 bridgehead atoms. The highest BCUT2D eigenvalue weighted by Crippen LogP contribution is 2.22. The van der Waals surface area contributed by atoms with Crippen LogP contribution < -0.4 is 10.5 Å². The number of likely N-dealkylation sites (N-methyl/N-ethyl adjacent to an activating group) is 1. The van der Waals surface area contributed by atoms with E-state index in [0.29, 0.717) is 0 Å². The minimum Gasteiger partial charge on any atom is -0.491 e. The van der Waals surface area contributed by atoms with E-state index in [-0.39, 0.29) is 0 Å². The van der Waals surface area contributed by atoms with E-state index in [9.17, 15) is 0 Å². The van der Waals surface area contributed by atoms with Gasteiger partial charge in [-0.25, -0.2) is 0 Å². The maximum atomic E-state index is 5.93. The molecule has 0 aromatic heterocycles. The predicted molar refractivity (Wildman–Crippen MR) is 68.9 cm³/mol. The Morgan fingerprint density at radius 2 is 2.06 bits per heavy atom. The number of rotatable bonds is 6. The van der Waals surface area contributed by atoms with Gasteiger partial charge >= 0.3 is 0 Å². The van der Waals surface area contributed by atoms with Crippen LogP contribution >= 0.6 is 0 Å². The average Bonchev–Trinajstić information content (AvgIpc) is 2.25. The Bertz CT molecular complexity index is 324. The van der Waals surface area contributed by atoms with Gasteiger partial charge in [0.2, 0.25) is 0 Å². The molecule has 0 spiro atoms. The molecule has 3 nitrogen and oxygen atoms in total. The van der Waals surface area contributed by atoms with Crippen molar-refractivity contribution in [2.24, 2.45) is 0 Å². The number of nitrogens with zero attached hydrogens (tertiary/aromatic N) is 1. The SMILES string of the molecule is CCCOc1ccc(CCN(C)C)cc1N. The van der Waals surface area contributed by atoms with Crippen molar-refractivity contribution in [1.29, 1.82) is 0 Å². The van der Waals surface area contributed by atoms with Gasteiger partial charge in [-0.05, 0) is 44.6 Å². The van der Waals surface area contributed by atoms with Gasteiger partial charge in [0, 0.05) is 6.54 Å². The summed E-state index contributed by atoms with van der Waals surface area (Å²) in [6.45, 7) is 3.84. The van der Waals surface area contributed by atoms with E-state index in [0.717, 1.165) is 37.4 Å². The van der Waals surface area contributed by atoms with Gasteiger partial charge in [-0.1, -0.05) is 13.0 Å². The normalized spacial score (nSPS) is 10.8. The summed E-state index contributed by atoms with van der Waals surface area (Å²) >= 11 is 0. The molecule has 0 fully saturated rings. The van der Waals surface area contributed by atoms with Gasteiger partial charge < -0.3 is 15.4 Å². The smallest absolute Gasteiger partial charge is 0.142 e. The molecule has 0 aliphatic rings. The summed E-state index contributed by atoms with van der Waals surface area (Å²) in [5, 5.41) is 0. The fourth-order valence-electron chi connectivity index (χ4n) is 1.45. The van der Waals surface area contributed by atoms with Crippen LogP contribution in [0.3, 0.4) is 0 Å². The molecule has 1 aromatic carbocycles. The molecule has 0 saturated heterocycles. The monoisotopic (exact) mass is 222 g/mol. The van der Waals surface area contributed by atoms with Crippen LogP contribution in [-0.2, 0) is 6.42 Å². The molecule has 0 amide bonds. The molecule has 3 heteroatoms. The average molecular weight is 222 g/mol. The van der Waals surface area contributed by atoms with Crippen molar-refractivity contribution in [1.82, 2.24) is 4.90 Å². The topological polar surface area (TPSA) is 38.5 Å². The molecule has 0 radical (unpaired) electrons. The molecule has 1 aromatic rings. The molecular weight excluding hydrogens is 200 g/mol. The minimum absolute atomic E-state index is 0.723. The number of nitrogens with two attached hydrogens (primary N) is 1. The van der Waals surface area contributed by atoms with E-state index in [1.807, 2.05) is 12.1 Å². The molecule has 2 N–H and O–H groups in total. The van der Waals surface area contributed by atoms with Gasteiger partial charge in [-0.15, -0.1) is 0 Å². The number of nitrogen functional groups attached to an aromatic ring is 1. The second-order valence-corrected chi connectivity index (χ2v) is 4.27. The summed E-state index contributed by atoms with van der Waals surface area (Å²) in [5.74, 6) is 0.801. The quantitative estimate of drug-likeness (QED) is 0.750. The molecule has 0 aliphatic heterocycles. The van der Waals surface area contributed by atoms with Crippen molar-refractivity contribution in [2.75, 3.05) is 33.0 Å². The Hall–Kier alpha value is -1.22. The van der Waals surface area contributed by atoms with Gasteiger partial charge in [-0.2, -0.15) is 0 Å². The van der Waals surface area contributed by atoms with E-state index in [1.54, 1.807) is 0 Å². The summed E-state index contributed by atoms with van der Waals surface area (Å²) in [6, 6.07) is 6.06. The molecule has 0 saturated carbocycles. The first-order valence-electron chi connectivity index (χ1n) is 5.79. The highest BCUT2D eigenvalue weighted by atomic mass is 16.5. The zero-order valence-corrected chi connectivity index (χ0v) is 10.5. The number of ether oxygens (including phenoxy) is 1. The van der Waals surface area contributed by atoms with E-state index >= 15 is 0 Å². The fourth-order valence-corrected chi connectivity index (χ4v) is 1.45. The molecule has 0 unspecified atom stereocenters. The Labute approximate surface area is 98.2 Å². The first kappa shape index (κ1) is 12.8. The molecule has 90 valence electrons. The van der Waals surface area contributed by atoms with Crippen LogP contribution in [0.4, 0.5) is 5.69 Å². The zero-order chi connectivity index (χ0) is 12.0. The van der Waals surface area contributed by atoms with Crippen molar-refractivity contribution in [3.63, 3.8) is 0 Å².